The van der Waals surface area contributed by atoms with Gasteiger partial charge in [0.15, 0.2) is 11.2 Å². The highest BCUT2D eigenvalue weighted by Gasteiger charge is 2.21. The van der Waals surface area contributed by atoms with Crippen LogP contribution in [0.5, 0.6) is 0 Å². The van der Waals surface area contributed by atoms with Crippen molar-refractivity contribution in [1.82, 2.24) is 14.9 Å². The normalized spacial score (nSPS) is 11.4. The lowest BCUT2D eigenvalue weighted by Crippen LogP contribution is -2.25. The van der Waals surface area contributed by atoms with E-state index in [-0.39, 0.29) is 28.9 Å². The number of nitrogens with zero attached hydrogens (tertiary/aromatic N) is 3. The fourth-order valence-corrected chi connectivity index (χ4v) is 1.63. The van der Waals surface area contributed by atoms with Gasteiger partial charge in [0.05, 0.1) is 11.9 Å². The Morgan fingerprint density at radius 1 is 1.61 bits per heavy atom. The van der Waals surface area contributed by atoms with E-state index in [0.717, 1.165) is 4.68 Å². The van der Waals surface area contributed by atoms with Gasteiger partial charge in [-0.25, -0.2) is 9.48 Å². The number of aryl methyl sites for hydroxylation is 1. The van der Waals surface area contributed by atoms with Crippen LogP contribution in [0.15, 0.2) is 20.9 Å². The summed E-state index contributed by atoms with van der Waals surface area (Å²) in [6.07, 6.45) is 1.46. The number of carboxylic acid groups (broad SMARTS) is 1. The van der Waals surface area contributed by atoms with Crippen molar-refractivity contribution in [3.63, 3.8) is 0 Å². The van der Waals surface area contributed by atoms with Crippen molar-refractivity contribution < 1.29 is 14.4 Å². The highest BCUT2D eigenvalue weighted by atomic mass is 35.5. The lowest BCUT2D eigenvalue weighted by molar-refractivity contribution is 0.0690. The molecule has 0 atom stereocenters. The number of aromatic carboxylic acids is 1. The molecule has 2 aromatic rings. The molecule has 2 heterocycles. The van der Waals surface area contributed by atoms with E-state index < -0.39 is 11.5 Å². The molecule has 0 unspecified atom stereocenters. The summed E-state index contributed by atoms with van der Waals surface area (Å²) in [4.78, 5) is 23.0. The van der Waals surface area contributed by atoms with Gasteiger partial charge in [-0.05, 0) is 6.92 Å². The summed E-state index contributed by atoms with van der Waals surface area (Å²) >= 11 is 5.35. The number of carbonyl (C=O) groups is 1. The molecule has 0 amide bonds. The van der Waals surface area contributed by atoms with Crippen LogP contribution in [0.25, 0.3) is 10.9 Å². The van der Waals surface area contributed by atoms with Crippen molar-refractivity contribution in [1.29, 1.82) is 0 Å². The Balaban J connectivity index is 2.80. The van der Waals surface area contributed by atoms with Crippen LogP contribution >= 0.6 is 11.6 Å². The van der Waals surface area contributed by atoms with Gasteiger partial charge >= 0.3 is 5.97 Å². The highest BCUT2D eigenvalue weighted by molar-refractivity contribution is 6.25. The second-order valence-electron chi connectivity index (χ2n) is 3.47. The Hall–Kier alpha value is -2.15. The minimum absolute atomic E-state index is 0.0529. The van der Waals surface area contributed by atoms with Gasteiger partial charge in [0.2, 0.25) is 0 Å². The van der Waals surface area contributed by atoms with Gasteiger partial charge < -0.3 is 9.63 Å². The van der Waals surface area contributed by atoms with Gasteiger partial charge in [-0.2, -0.15) is 5.10 Å². The van der Waals surface area contributed by atoms with E-state index in [1.165, 1.54) is 18.5 Å². The first-order valence-corrected chi connectivity index (χ1v) is 5.35. The minimum atomic E-state index is -1.25. The Morgan fingerprint density at radius 2 is 2.33 bits per heavy atom. The van der Waals surface area contributed by atoms with Crippen LogP contribution in [0, 0.1) is 6.92 Å². The molecule has 0 saturated carbocycles. The summed E-state index contributed by atoms with van der Waals surface area (Å²) in [5, 5.41) is 16.5. The molecule has 8 heteroatoms. The molecule has 0 fully saturated rings. The maximum Gasteiger partial charge on any atom is 0.357 e. The Kier molecular flexibility index (Phi) is 3.15. The standard InChI is InChI=1S/C10H8ClN3O4/c1-5-6-7(13-18-5)9(15)14(4-2-3-11)12-8(6)10(16)17/h2-3H,4H2,1H3,(H,16,17). The molecule has 0 aliphatic rings. The molecule has 0 aliphatic heterocycles. The first-order chi connectivity index (χ1) is 8.56. The summed E-state index contributed by atoms with van der Waals surface area (Å²) in [7, 11) is 0. The number of aromatic nitrogens is 3. The molecule has 0 saturated heterocycles. The number of halogens is 1. The molecule has 94 valence electrons. The lowest BCUT2D eigenvalue weighted by Gasteiger charge is -2.02. The molecule has 2 rings (SSSR count). The monoisotopic (exact) mass is 269 g/mol. The van der Waals surface area contributed by atoms with Gasteiger partial charge in [0.25, 0.3) is 5.56 Å². The summed E-state index contributed by atoms with van der Waals surface area (Å²) < 4.78 is 5.80. The molecule has 0 aliphatic carbocycles. The Labute approximate surface area is 105 Å². The third-order valence-corrected chi connectivity index (χ3v) is 2.51. The minimum Gasteiger partial charge on any atom is -0.476 e. The van der Waals surface area contributed by atoms with E-state index in [4.69, 9.17) is 21.2 Å². The van der Waals surface area contributed by atoms with Gasteiger partial charge in [0.1, 0.15) is 5.76 Å². The molecule has 0 aromatic carbocycles. The molecular weight excluding hydrogens is 262 g/mol. The predicted molar refractivity (Wildman–Crippen MR) is 62.8 cm³/mol. The van der Waals surface area contributed by atoms with E-state index in [1.54, 1.807) is 0 Å². The molecule has 1 N–H and O–H groups in total. The van der Waals surface area contributed by atoms with Crippen molar-refractivity contribution >= 4 is 28.5 Å². The van der Waals surface area contributed by atoms with Crippen molar-refractivity contribution in [2.45, 2.75) is 13.5 Å². The maximum absolute atomic E-state index is 11.9. The Morgan fingerprint density at radius 3 is 2.94 bits per heavy atom. The summed E-state index contributed by atoms with van der Waals surface area (Å²) in [6.45, 7) is 1.58. The summed E-state index contributed by atoms with van der Waals surface area (Å²) in [5.74, 6) is -1.01. The van der Waals surface area contributed by atoms with Crippen LogP contribution in [0.3, 0.4) is 0 Å². The second-order valence-corrected chi connectivity index (χ2v) is 3.72. The third-order valence-electron chi connectivity index (χ3n) is 2.33. The van der Waals surface area contributed by atoms with E-state index >= 15 is 0 Å². The van der Waals surface area contributed by atoms with Crippen molar-refractivity contribution in [3.8, 4) is 0 Å². The SMILES string of the molecule is Cc1onc2c(=O)n(CC=CCl)nc(C(=O)O)c12. The smallest absolute Gasteiger partial charge is 0.357 e. The molecule has 2 aromatic heterocycles. The van der Waals surface area contributed by atoms with Crippen LogP contribution in [0.1, 0.15) is 16.2 Å². The fourth-order valence-electron chi connectivity index (χ4n) is 1.55. The first-order valence-electron chi connectivity index (χ1n) is 4.92. The zero-order chi connectivity index (χ0) is 13.3. The zero-order valence-electron chi connectivity index (χ0n) is 9.25. The zero-order valence-corrected chi connectivity index (χ0v) is 10.0. The van der Waals surface area contributed by atoms with Crippen LogP contribution in [-0.4, -0.2) is 26.0 Å². The van der Waals surface area contributed by atoms with Crippen LogP contribution in [0.2, 0.25) is 0 Å². The maximum atomic E-state index is 11.9. The van der Waals surface area contributed by atoms with Crippen LogP contribution in [-0.2, 0) is 6.54 Å². The van der Waals surface area contributed by atoms with Crippen molar-refractivity contribution in [3.05, 3.63) is 33.4 Å². The lowest BCUT2D eigenvalue weighted by atomic mass is 10.2. The van der Waals surface area contributed by atoms with Gasteiger partial charge in [-0.1, -0.05) is 22.8 Å². The predicted octanol–water partition coefficient (Wildman–Crippen LogP) is 1.14. The Bertz CT molecular complexity index is 701. The van der Waals surface area contributed by atoms with E-state index in [0.29, 0.717) is 0 Å². The highest BCUT2D eigenvalue weighted by Crippen LogP contribution is 2.17. The number of hydrogen-bond donors (Lipinski definition) is 1. The summed E-state index contributed by atoms with van der Waals surface area (Å²) in [6, 6.07) is 0. The van der Waals surface area contributed by atoms with E-state index in [2.05, 4.69) is 10.3 Å². The van der Waals surface area contributed by atoms with E-state index in [9.17, 15) is 9.59 Å². The van der Waals surface area contributed by atoms with Crippen molar-refractivity contribution in [2.75, 3.05) is 0 Å². The molecule has 0 radical (unpaired) electrons. The topological polar surface area (TPSA) is 98.2 Å². The van der Waals surface area contributed by atoms with Gasteiger partial charge in [-0.3, -0.25) is 4.79 Å². The molecular formula is C10H8ClN3O4. The quantitative estimate of drug-likeness (QED) is 0.897. The fraction of sp³-hybridized carbons (Fsp3) is 0.200. The molecule has 0 spiro atoms. The average Bonchev–Trinajstić information content (AvgIpc) is 2.71. The largest absolute Gasteiger partial charge is 0.476 e. The number of fused-ring (bicyclic) bond motifs is 1. The van der Waals surface area contributed by atoms with E-state index in [1.807, 2.05) is 0 Å². The number of allylic oxidation sites excluding steroid dienone is 1. The van der Waals surface area contributed by atoms with Crippen LogP contribution in [0.4, 0.5) is 0 Å². The molecule has 7 nitrogen and oxygen atoms in total. The number of rotatable bonds is 3. The van der Waals surface area contributed by atoms with Gasteiger partial charge in [-0.15, -0.1) is 0 Å². The molecule has 0 bridgehead atoms. The first kappa shape index (κ1) is 12.3. The van der Waals surface area contributed by atoms with Crippen LogP contribution < -0.4 is 5.56 Å². The average molecular weight is 270 g/mol. The number of carboxylic acids is 1. The van der Waals surface area contributed by atoms with Crippen molar-refractivity contribution in [2.24, 2.45) is 0 Å². The number of hydrogen-bond acceptors (Lipinski definition) is 5. The summed E-state index contributed by atoms with van der Waals surface area (Å²) in [5.41, 5.74) is 0.364. The second kappa shape index (κ2) is 4.61. The third kappa shape index (κ3) is 1.88. The molecule has 18 heavy (non-hydrogen) atoms. The van der Waals surface area contributed by atoms with Gasteiger partial charge in [0, 0.05) is 5.54 Å².